The van der Waals surface area contributed by atoms with Crippen molar-refractivity contribution in [2.75, 3.05) is 13.1 Å². The molecule has 1 aromatic heterocycles. The van der Waals surface area contributed by atoms with Gasteiger partial charge in [0.2, 0.25) is 0 Å². The molecular formula is C9H14ClN3S. The number of hydrogen-bond donors (Lipinski definition) is 2. The molecule has 1 aromatic rings. The van der Waals surface area contributed by atoms with Crippen LogP contribution in [0.5, 0.6) is 0 Å². The monoisotopic (exact) mass is 231 g/mol. The summed E-state index contributed by atoms with van der Waals surface area (Å²) in [6, 6.07) is 0.651. The zero-order valence-corrected chi connectivity index (χ0v) is 9.50. The standard InChI is InChI=1S/C9H14ClN3S/c10-9-13-6-8(14-9)5-11-4-7-2-1-3-12-7/h6-7,11-12H,1-5H2. The van der Waals surface area contributed by atoms with Gasteiger partial charge in [0.05, 0.1) is 0 Å². The van der Waals surface area contributed by atoms with Gasteiger partial charge in [0.15, 0.2) is 4.47 Å². The molecular weight excluding hydrogens is 218 g/mol. The molecule has 2 heterocycles. The molecule has 0 radical (unpaired) electrons. The van der Waals surface area contributed by atoms with Crippen molar-refractivity contribution in [3.05, 3.63) is 15.5 Å². The maximum atomic E-state index is 5.73. The third-order valence-electron chi connectivity index (χ3n) is 2.38. The van der Waals surface area contributed by atoms with E-state index in [4.69, 9.17) is 11.6 Å². The van der Waals surface area contributed by atoms with Gasteiger partial charge in [0.25, 0.3) is 0 Å². The van der Waals surface area contributed by atoms with Crippen molar-refractivity contribution in [2.45, 2.75) is 25.4 Å². The number of rotatable bonds is 4. The van der Waals surface area contributed by atoms with Crippen LogP contribution in [-0.2, 0) is 6.54 Å². The van der Waals surface area contributed by atoms with Gasteiger partial charge in [-0.25, -0.2) is 4.98 Å². The van der Waals surface area contributed by atoms with Gasteiger partial charge in [0, 0.05) is 30.2 Å². The smallest absolute Gasteiger partial charge is 0.183 e. The predicted molar refractivity (Wildman–Crippen MR) is 59.9 cm³/mol. The molecule has 1 aliphatic rings. The highest BCUT2D eigenvalue weighted by molar-refractivity contribution is 7.15. The Balaban J connectivity index is 1.67. The largest absolute Gasteiger partial charge is 0.313 e. The number of aromatic nitrogens is 1. The van der Waals surface area contributed by atoms with Crippen LogP contribution in [0.2, 0.25) is 4.47 Å². The van der Waals surface area contributed by atoms with E-state index in [1.54, 1.807) is 11.3 Å². The summed E-state index contributed by atoms with van der Waals surface area (Å²) in [6.07, 6.45) is 4.43. The minimum atomic E-state index is 0.626. The Morgan fingerprint density at radius 1 is 1.71 bits per heavy atom. The van der Waals surface area contributed by atoms with Crippen LogP contribution < -0.4 is 10.6 Å². The second-order valence-corrected chi connectivity index (χ2v) is 5.20. The van der Waals surface area contributed by atoms with Crippen LogP contribution in [0, 0.1) is 0 Å². The molecule has 0 amide bonds. The van der Waals surface area contributed by atoms with E-state index < -0.39 is 0 Å². The molecule has 1 aliphatic heterocycles. The number of hydrogen-bond acceptors (Lipinski definition) is 4. The number of nitrogens with one attached hydrogen (secondary N) is 2. The lowest BCUT2D eigenvalue weighted by Crippen LogP contribution is -2.33. The molecule has 0 aliphatic carbocycles. The van der Waals surface area contributed by atoms with Gasteiger partial charge in [-0.3, -0.25) is 0 Å². The molecule has 0 bridgehead atoms. The van der Waals surface area contributed by atoms with Crippen LogP contribution in [0.25, 0.3) is 0 Å². The predicted octanol–water partition coefficient (Wildman–Crippen LogP) is 1.64. The minimum absolute atomic E-state index is 0.626. The first kappa shape index (κ1) is 10.4. The van der Waals surface area contributed by atoms with Crippen LogP contribution in [0.15, 0.2) is 6.20 Å². The first-order valence-electron chi connectivity index (χ1n) is 4.89. The van der Waals surface area contributed by atoms with Crippen molar-refractivity contribution < 1.29 is 0 Å². The topological polar surface area (TPSA) is 37.0 Å². The van der Waals surface area contributed by atoms with E-state index in [0.29, 0.717) is 10.5 Å². The third-order valence-corrected chi connectivity index (χ3v) is 3.49. The Morgan fingerprint density at radius 3 is 3.29 bits per heavy atom. The quantitative estimate of drug-likeness (QED) is 0.828. The number of nitrogens with zero attached hydrogens (tertiary/aromatic N) is 1. The van der Waals surface area contributed by atoms with Crippen LogP contribution in [-0.4, -0.2) is 24.1 Å². The summed E-state index contributed by atoms with van der Waals surface area (Å²) < 4.78 is 0.626. The van der Waals surface area contributed by atoms with Crippen molar-refractivity contribution in [3.63, 3.8) is 0 Å². The summed E-state index contributed by atoms with van der Waals surface area (Å²) in [6.45, 7) is 3.08. The van der Waals surface area contributed by atoms with Crippen LogP contribution >= 0.6 is 22.9 Å². The van der Waals surface area contributed by atoms with Gasteiger partial charge in [-0.1, -0.05) is 11.6 Å². The maximum absolute atomic E-state index is 5.73. The summed E-state index contributed by atoms with van der Waals surface area (Å²) in [7, 11) is 0. The van der Waals surface area contributed by atoms with Gasteiger partial charge in [-0.05, 0) is 19.4 Å². The lowest BCUT2D eigenvalue weighted by Gasteiger charge is -2.09. The van der Waals surface area contributed by atoms with Gasteiger partial charge in [0.1, 0.15) is 0 Å². The van der Waals surface area contributed by atoms with Gasteiger partial charge in [-0.2, -0.15) is 0 Å². The summed E-state index contributed by atoms with van der Waals surface area (Å²) in [5.41, 5.74) is 0. The molecule has 3 nitrogen and oxygen atoms in total. The zero-order valence-electron chi connectivity index (χ0n) is 7.92. The fourth-order valence-electron chi connectivity index (χ4n) is 1.67. The average Bonchev–Trinajstić information content (AvgIpc) is 2.77. The van der Waals surface area contributed by atoms with Gasteiger partial charge in [-0.15, -0.1) is 11.3 Å². The fourth-order valence-corrected chi connectivity index (χ4v) is 2.61. The summed E-state index contributed by atoms with van der Waals surface area (Å²) in [5.74, 6) is 0. The van der Waals surface area contributed by atoms with Gasteiger partial charge >= 0.3 is 0 Å². The number of halogens is 1. The van der Waals surface area contributed by atoms with Crippen LogP contribution in [0.3, 0.4) is 0 Å². The molecule has 2 rings (SSSR count). The first-order chi connectivity index (χ1) is 6.84. The van der Waals surface area contributed by atoms with Crippen molar-refractivity contribution in [2.24, 2.45) is 0 Å². The Bertz CT molecular complexity index is 283. The van der Waals surface area contributed by atoms with Crippen LogP contribution in [0.1, 0.15) is 17.7 Å². The third kappa shape index (κ3) is 2.92. The van der Waals surface area contributed by atoms with E-state index >= 15 is 0 Å². The molecule has 1 unspecified atom stereocenters. The summed E-state index contributed by atoms with van der Waals surface area (Å²) in [5, 5.41) is 6.85. The zero-order chi connectivity index (χ0) is 9.80. The van der Waals surface area contributed by atoms with E-state index in [2.05, 4.69) is 15.6 Å². The highest BCUT2D eigenvalue weighted by Gasteiger charge is 2.12. The van der Waals surface area contributed by atoms with E-state index in [9.17, 15) is 0 Å². The average molecular weight is 232 g/mol. The molecule has 78 valence electrons. The lowest BCUT2D eigenvalue weighted by molar-refractivity contribution is 0.537. The van der Waals surface area contributed by atoms with E-state index in [0.717, 1.165) is 13.1 Å². The van der Waals surface area contributed by atoms with Crippen molar-refractivity contribution in [1.82, 2.24) is 15.6 Å². The van der Waals surface area contributed by atoms with E-state index in [1.165, 1.54) is 24.3 Å². The summed E-state index contributed by atoms with van der Waals surface area (Å²) >= 11 is 7.28. The Labute approximate surface area is 92.9 Å². The van der Waals surface area contributed by atoms with Crippen molar-refractivity contribution >= 4 is 22.9 Å². The Hall–Kier alpha value is -0.160. The second-order valence-electron chi connectivity index (χ2n) is 3.50. The highest BCUT2D eigenvalue weighted by Crippen LogP contribution is 2.17. The summed E-state index contributed by atoms with van der Waals surface area (Å²) in [4.78, 5) is 5.20. The first-order valence-corrected chi connectivity index (χ1v) is 6.08. The van der Waals surface area contributed by atoms with Crippen molar-refractivity contribution in [3.8, 4) is 0 Å². The van der Waals surface area contributed by atoms with E-state index in [1.807, 2.05) is 6.20 Å². The van der Waals surface area contributed by atoms with Gasteiger partial charge < -0.3 is 10.6 Å². The Morgan fingerprint density at radius 2 is 2.64 bits per heavy atom. The van der Waals surface area contributed by atoms with Crippen LogP contribution in [0.4, 0.5) is 0 Å². The molecule has 2 N–H and O–H groups in total. The fraction of sp³-hybridized carbons (Fsp3) is 0.667. The lowest BCUT2D eigenvalue weighted by atomic mass is 10.2. The molecule has 5 heteroatoms. The molecule has 0 spiro atoms. The Kier molecular flexibility index (Phi) is 3.75. The van der Waals surface area contributed by atoms with E-state index in [-0.39, 0.29) is 0 Å². The molecule has 1 atom stereocenters. The molecule has 0 aromatic carbocycles. The molecule has 14 heavy (non-hydrogen) atoms. The minimum Gasteiger partial charge on any atom is -0.313 e. The SMILES string of the molecule is Clc1ncc(CNCC2CCCN2)s1. The molecule has 1 fully saturated rings. The highest BCUT2D eigenvalue weighted by atomic mass is 35.5. The van der Waals surface area contributed by atoms with Crippen molar-refractivity contribution in [1.29, 1.82) is 0 Å². The second kappa shape index (κ2) is 5.07. The maximum Gasteiger partial charge on any atom is 0.183 e. The number of thiazole rings is 1. The molecule has 1 saturated heterocycles. The molecule has 0 saturated carbocycles. The normalized spacial score (nSPS) is 21.6.